The SMILES string of the molecule is COc1ccc(OC)c([C@@H](C)NC(=O)c2n[nH]c3ccccc23)c1. The molecule has 3 aromatic rings. The number of aromatic nitrogens is 2. The van der Waals surface area contributed by atoms with Gasteiger partial charge in [-0.2, -0.15) is 5.10 Å². The number of ether oxygens (including phenoxy) is 2. The van der Waals surface area contributed by atoms with Crippen molar-refractivity contribution in [2.24, 2.45) is 0 Å². The zero-order valence-electron chi connectivity index (χ0n) is 13.8. The number of aromatic amines is 1. The van der Waals surface area contributed by atoms with Crippen molar-refractivity contribution in [1.29, 1.82) is 0 Å². The van der Waals surface area contributed by atoms with Crippen LogP contribution in [0.5, 0.6) is 11.5 Å². The van der Waals surface area contributed by atoms with Crippen LogP contribution in [0.3, 0.4) is 0 Å². The normalized spacial score (nSPS) is 12.0. The molecule has 1 amide bonds. The van der Waals surface area contributed by atoms with E-state index in [9.17, 15) is 4.79 Å². The van der Waals surface area contributed by atoms with Gasteiger partial charge in [-0.3, -0.25) is 9.89 Å². The minimum absolute atomic E-state index is 0.246. The molecule has 3 rings (SSSR count). The quantitative estimate of drug-likeness (QED) is 0.756. The lowest BCUT2D eigenvalue weighted by Gasteiger charge is -2.17. The fraction of sp³-hybridized carbons (Fsp3) is 0.222. The van der Waals surface area contributed by atoms with Crippen LogP contribution in [0, 0.1) is 0 Å². The first kappa shape index (κ1) is 15.9. The third-order valence-corrected chi connectivity index (χ3v) is 3.94. The first-order chi connectivity index (χ1) is 11.6. The summed E-state index contributed by atoms with van der Waals surface area (Å²) in [7, 11) is 3.20. The fourth-order valence-corrected chi connectivity index (χ4v) is 2.66. The van der Waals surface area contributed by atoms with Crippen molar-refractivity contribution >= 4 is 16.8 Å². The Bertz CT molecular complexity index is 873. The number of nitrogens with one attached hydrogen (secondary N) is 2. The van der Waals surface area contributed by atoms with Crippen molar-refractivity contribution in [2.75, 3.05) is 14.2 Å². The molecule has 0 unspecified atom stereocenters. The highest BCUT2D eigenvalue weighted by molar-refractivity contribution is 6.04. The van der Waals surface area contributed by atoms with Gasteiger partial charge in [0.2, 0.25) is 0 Å². The van der Waals surface area contributed by atoms with E-state index in [1.807, 2.05) is 49.4 Å². The van der Waals surface area contributed by atoms with Crippen LogP contribution >= 0.6 is 0 Å². The molecule has 0 bridgehead atoms. The summed E-state index contributed by atoms with van der Waals surface area (Å²) in [6.07, 6.45) is 0. The van der Waals surface area contributed by atoms with Gasteiger partial charge in [0.1, 0.15) is 11.5 Å². The average Bonchev–Trinajstić information content (AvgIpc) is 3.05. The van der Waals surface area contributed by atoms with Crippen LogP contribution < -0.4 is 14.8 Å². The second kappa shape index (κ2) is 6.62. The summed E-state index contributed by atoms with van der Waals surface area (Å²) >= 11 is 0. The molecule has 0 radical (unpaired) electrons. The van der Waals surface area contributed by atoms with Gasteiger partial charge >= 0.3 is 0 Å². The van der Waals surface area contributed by atoms with E-state index in [-0.39, 0.29) is 11.9 Å². The van der Waals surface area contributed by atoms with Gasteiger partial charge in [-0.25, -0.2) is 0 Å². The van der Waals surface area contributed by atoms with Gasteiger partial charge in [0.05, 0.1) is 25.8 Å². The molecule has 0 saturated carbocycles. The Kier molecular flexibility index (Phi) is 4.37. The van der Waals surface area contributed by atoms with Gasteiger partial charge in [-0.1, -0.05) is 18.2 Å². The predicted octanol–water partition coefficient (Wildman–Crippen LogP) is 3.07. The summed E-state index contributed by atoms with van der Waals surface area (Å²) in [6, 6.07) is 12.7. The number of H-pyrrole nitrogens is 1. The maximum Gasteiger partial charge on any atom is 0.272 e. The largest absolute Gasteiger partial charge is 0.497 e. The number of carbonyl (C=O) groups is 1. The Labute approximate surface area is 139 Å². The standard InChI is InChI=1S/C18H19N3O3/c1-11(14-10-12(23-2)8-9-16(14)24-3)19-18(22)17-13-6-4-5-7-15(13)20-21-17/h4-11H,1-3H3,(H,19,22)(H,20,21)/t11-/m1/s1. The van der Waals surface area contributed by atoms with Crippen LogP contribution in [0.25, 0.3) is 10.9 Å². The molecule has 6 heteroatoms. The first-order valence-corrected chi connectivity index (χ1v) is 7.60. The maximum absolute atomic E-state index is 12.6. The molecule has 1 heterocycles. The Morgan fingerprint density at radius 3 is 2.71 bits per heavy atom. The van der Waals surface area contributed by atoms with Gasteiger partial charge in [-0.05, 0) is 31.2 Å². The van der Waals surface area contributed by atoms with E-state index >= 15 is 0 Å². The zero-order chi connectivity index (χ0) is 17.1. The van der Waals surface area contributed by atoms with E-state index in [0.29, 0.717) is 17.2 Å². The van der Waals surface area contributed by atoms with Crippen LogP contribution in [0.4, 0.5) is 0 Å². The Morgan fingerprint density at radius 2 is 1.96 bits per heavy atom. The zero-order valence-corrected chi connectivity index (χ0v) is 13.8. The average molecular weight is 325 g/mol. The highest BCUT2D eigenvalue weighted by Crippen LogP contribution is 2.29. The second-order valence-corrected chi connectivity index (χ2v) is 5.42. The number of nitrogens with zero attached hydrogens (tertiary/aromatic N) is 1. The molecule has 0 aliphatic carbocycles. The molecule has 0 saturated heterocycles. The van der Waals surface area contributed by atoms with Crippen molar-refractivity contribution in [3.05, 3.63) is 53.7 Å². The first-order valence-electron chi connectivity index (χ1n) is 7.60. The Hall–Kier alpha value is -3.02. The lowest BCUT2D eigenvalue weighted by atomic mass is 10.1. The molecule has 6 nitrogen and oxygen atoms in total. The third-order valence-electron chi connectivity index (χ3n) is 3.94. The topological polar surface area (TPSA) is 76.2 Å². The van der Waals surface area contributed by atoms with E-state index in [1.165, 1.54) is 0 Å². The summed E-state index contributed by atoms with van der Waals surface area (Å²) in [5, 5.41) is 10.7. The Morgan fingerprint density at radius 1 is 1.17 bits per heavy atom. The van der Waals surface area contributed by atoms with Crippen molar-refractivity contribution < 1.29 is 14.3 Å². The van der Waals surface area contributed by atoms with Gasteiger partial charge in [-0.15, -0.1) is 0 Å². The molecule has 0 aliphatic heterocycles. The molecular formula is C18H19N3O3. The van der Waals surface area contributed by atoms with Crippen molar-refractivity contribution in [1.82, 2.24) is 15.5 Å². The van der Waals surface area contributed by atoms with E-state index in [0.717, 1.165) is 16.5 Å². The Balaban J connectivity index is 1.86. The fourth-order valence-electron chi connectivity index (χ4n) is 2.66. The van der Waals surface area contributed by atoms with Crippen LogP contribution in [0.1, 0.15) is 29.0 Å². The molecule has 0 fully saturated rings. The maximum atomic E-state index is 12.6. The minimum Gasteiger partial charge on any atom is -0.497 e. The van der Waals surface area contributed by atoms with E-state index in [2.05, 4.69) is 15.5 Å². The van der Waals surface area contributed by atoms with E-state index < -0.39 is 0 Å². The van der Waals surface area contributed by atoms with Crippen LogP contribution in [-0.4, -0.2) is 30.3 Å². The van der Waals surface area contributed by atoms with Gasteiger partial charge < -0.3 is 14.8 Å². The molecule has 2 N–H and O–H groups in total. The number of hydrogen-bond acceptors (Lipinski definition) is 4. The smallest absolute Gasteiger partial charge is 0.272 e. The summed E-state index contributed by atoms with van der Waals surface area (Å²) in [5.41, 5.74) is 2.04. The molecule has 1 aromatic heterocycles. The highest BCUT2D eigenvalue weighted by atomic mass is 16.5. The molecule has 0 aliphatic rings. The second-order valence-electron chi connectivity index (χ2n) is 5.42. The lowest BCUT2D eigenvalue weighted by Crippen LogP contribution is -2.27. The van der Waals surface area contributed by atoms with Crippen LogP contribution in [0.15, 0.2) is 42.5 Å². The molecule has 0 spiro atoms. The van der Waals surface area contributed by atoms with Crippen molar-refractivity contribution in [3.63, 3.8) is 0 Å². The summed E-state index contributed by atoms with van der Waals surface area (Å²) in [4.78, 5) is 12.6. The number of hydrogen-bond donors (Lipinski definition) is 2. The number of methoxy groups -OCH3 is 2. The number of carbonyl (C=O) groups excluding carboxylic acids is 1. The highest BCUT2D eigenvalue weighted by Gasteiger charge is 2.19. The number of rotatable bonds is 5. The number of amides is 1. The predicted molar refractivity (Wildman–Crippen MR) is 91.5 cm³/mol. The van der Waals surface area contributed by atoms with Crippen LogP contribution in [0.2, 0.25) is 0 Å². The molecule has 2 aromatic carbocycles. The number of fused-ring (bicyclic) bond motifs is 1. The van der Waals surface area contributed by atoms with Crippen molar-refractivity contribution in [2.45, 2.75) is 13.0 Å². The molecule has 1 atom stereocenters. The van der Waals surface area contributed by atoms with Gasteiger partial charge in [0, 0.05) is 10.9 Å². The summed E-state index contributed by atoms with van der Waals surface area (Å²) in [5.74, 6) is 1.15. The van der Waals surface area contributed by atoms with E-state index in [1.54, 1.807) is 14.2 Å². The van der Waals surface area contributed by atoms with E-state index in [4.69, 9.17) is 9.47 Å². The lowest BCUT2D eigenvalue weighted by molar-refractivity contribution is 0.0936. The van der Waals surface area contributed by atoms with Crippen molar-refractivity contribution in [3.8, 4) is 11.5 Å². The van der Waals surface area contributed by atoms with Gasteiger partial charge in [0.15, 0.2) is 5.69 Å². The van der Waals surface area contributed by atoms with Crippen LogP contribution in [-0.2, 0) is 0 Å². The monoisotopic (exact) mass is 325 g/mol. The number of benzene rings is 2. The summed E-state index contributed by atoms with van der Waals surface area (Å²) in [6.45, 7) is 1.89. The molecule has 24 heavy (non-hydrogen) atoms. The number of para-hydroxylation sites is 1. The molecule has 124 valence electrons. The minimum atomic E-state index is -0.266. The third kappa shape index (κ3) is 2.90. The van der Waals surface area contributed by atoms with Gasteiger partial charge in [0.25, 0.3) is 5.91 Å². The molecular weight excluding hydrogens is 306 g/mol. The summed E-state index contributed by atoms with van der Waals surface area (Å²) < 4.78 is 10.6.